The second-order valence-corrected chi connectivity index (χ2v) is 7.76. The molecule has 1 saturated carbocycles. The summed E-state index contributed by atoms with van der Waals surface area (Å²) in [4.78, 5) is 48.7. The van der Waals surface area contributed by atoms with Crippen LogP contribution in [0.1, 0.15) is 32.1 Å². The molecule has 3 N–H and O–H groups in total. The highest BCUT2D eigenvalue weighted by Gasteiger charge is 2.36. The van der Waals surface area contributed by atoms with Crippen molar-refractivity contribution in [2.75, 3.05) is 13.1 Å². The molecule has 144 valence electrons. The van der Waals surface area contributed by atoms with Crippen molar-refractivity contribution < 1.29 is 23.4 Å². The molecule has 0 spiro atoms. The Morgan fingerprint density at radius 3 is 2.62 bits per heavy atom. The zero-order valence-corrected chi connectivity index (χ0v) is 15.3. The average Bonchev–Trinajstić information content (AvgIpc) is 3.35. The Morgan fingerprint density at radius 2 is 2.00 bits per heavy atom. The van der Waals surface area contributed by atoms with E-state index in [0.717, 1.165) is 12.8 Å². The molecule has 2 rings (SSSR count). The largest absolute Gasteiger partial charge is 0.350 e. The fraction of sp³-hybridized carbons (Fsp3) is 0.625. The van der Waals surface area contributed by atoms with Crippen LogP contribution < -0.4 is 15.4 Å². The molecule has 0 radical (unpaired) electrons. The molecule has 1 aliphatic heterocycles. The minimum atomic E-state index is -1.44. The number of carbonyl (C=O) groups is 4. The number of nitrogens with zero attached hydrogens (tertiary/aromatic N) is 1. The molecule has 0 aromatic heterocycles. The number of hydrogen-bond donors (Lipinski definition) is 3. The van der Waals surface area contributed by atoms with Crippen LogP contribution in [0, 0.1) is 0 Å². The molecule has 1 saturated heterocycles. The first-order valence-corrected chi connectivity index (χ1v) is 9.78. The Hall–Kier alpha value is -2.23. The lowest BCUT2D eigenvalue weighted by molar-refractivity contribution is -0.139. The maximum atomic E-state index is 12.6. The van der Waals surface area contributed by atoms with E-state index in [2.05, 4.69) is 21.9 Å². The van der Waals surface area contributed by atoms with Crippen LogP contribution in [0.25, 0.3) is 0 Å². The zero-order chi connectivity index (χ0) is 19.1. The van der Waals surface area contributed by atoms with Gasteiger partial charge in [0, 0.05) is 6.54 Å². The summed E-state index contributed by atoms with van der Waals surface area (Å²) in [6.45, 7) is 3.82. The van der Waals surface area contributed by atoms with Gasteiger partial charge >= 0.3 is 0 Å². The molecule has 1 aliphatic carbocycles. The highest BCUT2D eigenvalue weighted by atomic mass is 32.2. The van der Waals surface area contributed by atoms with E-state index in [0.29, 0.717) is 25.8 Å². The normalized spacial score (nSPS) is 21.4. The predicted molar refractivity (Wildman–Crippen MR) is 94.9 cm³/mol. The van der Waals surface area contributed by atoms with E-state index in [1.54, 1.807) is 0 Å². The van der Waals surface area contributed by atoms with Crippen molar-refractivity contribution in [1.82, 2.24) is 20.3 Å². The first-order valence-electron chi connectivity index (χ1n) is 8.56. The lowest BCUT2D eigenvalue weighted by atomic mass is 10.1. The van der Waals surface area contributed by atoms with Gasteiger partial charge in [-0.15, -0.1) is 6.58 Å². The van der Waals surface area contributed by atoms with Crippen molar-refractivity contribution in [2.24, 2.45) is 0 Å². The fourth-order valence-corrected chi connectivity index (χ4v) is 3.84. The molecule has 0 bridgehead atoms. The molecule has 0 aromatic rings. The summed E-state index contributed by atoms with van der Waals surface area (Å²) in [5.41, 5.74) is 0. The third kappa shape index (κ3) is 5.38. The van der Waals surface area contributed by atoms with Gasteiger partial charge in [0.25, 0.3) is 5.91 Å². The van der Waals surface area contributed by atoms with Gasteiger partial charge in [0.1, 0.15) is 23.1 Å². The number of amides is 4. The van der Waals surface area contributed by atoms with Gasteiger partial charge in [0.2, 0.25) is 18.2 Å². The maximum Gasteiger partial charge on any atom is 0.254 e. The van der Waals surface area contributed by atoms with Gasteiger partial charge in [-0.1, -0.05) is 6.08 Å². The molecule has 3 unspecified atom stereocenters. The van der Waals surface area contributed by atoms with Crippen molar-refractivity contribution in [3.8, 4) is 0 Å². The van der Waals surface area contributed by atoms with Gasteiger partial charge in [0.15, 0.2) is 0 Å². The Labute approximate surface area is 154 Å². The smallest absolute Gasteiger partial charge is 0.254 e. The Kier molecular flexibility index (Phi) is 7.31. The lowest BCUT2D eigenvalue weighted by Gasteiger charge is -2.26. The summed E-state index contributed by atoms with van der Waals surface area (Å²) in [6, 6.07) is -1.58. The van der Waals surface area contributed by atoms with Crippen LogP contribution in [0.5, 0.6) is 0 Å². The second kappa shape index (κ2) is 9.46. The molecule has 1 heterocycles. The Bertz CT molecular complexity index is 607. The van der Waals surface area contributed by atoms with E-state index < -0.39 is 34.9 Å². The highest BCUT2D eigenvalue weighted by Crippen LogP contribution is 2.24. The Morgan fingerprint density at radius 1 is 1.27 bits per heavy atom. The van der Waals surface area contributed by atoms with Crippen LogP contribution in [0.4, 0.5) is 0 Å². The maximum absolute atomic E-state index is 12.6. The molecule has 9 nitrogen and oxygen atoms in total. The van der Waals surface area contributed by atoms with Crippen LogP contribution in [-0.4, -0.2) is 63.7 Å². The van der Waals surface area contributed by atoms with E-state index in [-0.39, 0.29) is 24.1 Å². The number of rotatable bonds is 10. The Balaban J connectivity index is 1.95. The van der Waals surface area contributed by atoms with Crippen LogP contribution in [0.2, 0.25) is 0 Å². The predicted octanol–water partition coefficient (Wildman–Crippen LogP) is -1.27. The molecular formula is C16H24N4O5S. The summed E-state index contributed by atoms with van der Waals surface area (Å²) in [6.07, 6.45) is 4.89. The SMILES string of the molecule is C=CCC(NC(=O)C1CCCN1C(=O)CNC=O)C(=O)NS(=O)C1CC1. The summed E-state index contributed by atoms with van der Waals surface area (Å²) in [5, 5.41) is 4.90. The van der Waals surface area contributed by atoms with E-state index >= 15 is 0 Å². The first-order chi connectivity index (χ1) is 12.5. The summed E-state index contributed by atoms with van der Waals surface area (Å²) < 4.78 is 14.3. The molecule has 3 atom stereocenters. The van der Waals surface area contributed by atoms with Crippen molar-refractivity contribution in [3.63, 3.8) is 0 Å². The molecule has 0 aromatic carbocycles. The van der Waals surface area contributed by atoms with E-state index in [4.69, 9.17) is 0 Å². The van der Waals surface area contributed by atoms with Crippen molar-refractivity contribution in [1.29, 1.82) is 0 Å². The number of likely N-dealkylation sites (tertiary alicyclic amines) is 1. The van der Waals surface area contributed by atoms with E-state index in [1.165, 1.54) is 11.0 Å². The van der Waals surface area contributed by atoms with Gasteiger partial charge < -0.3 is 15.5 Å². The van der Waals surface area contributed by atoms with Crippen LogP contribution in [0.15, 0.2) is 12.7 Å². The number of carbonyl (C=O) groups excluding carboxylic acids is 4. The van der Waals surface area contributed by atoms with Crippen LogP contribution >= 0.6 is 0 Å². The third-order valence-electron chi connectivity index (χ3n) is 4.28. The van der Waals surface area contributed by atoms with Crippen LogP contribution in [0.3, 0.4) is 0 Å². The third-order valence-corrected chi connectivity index (χ3v) is 5.76. The summed E-state index contributed by atoms with van der Waals surface area (Å²) >= 11 is 0. The number of hydrogen-bond acceptors (Lipinski definition) is 5. The summed E-state index contributed by atoms with van der Waals surface area (Å²) in [5.74, 6) is -1.32. The molecule has 2 aliphatic rings. The van der Waals surface area contributed by atoms with Crippen molar-refractivity contribution >= 4 is 35.1 Å². The van der Waals surface area contributed by atoms with Crippen molar-refractivity contribution in [3.05, 3.63) is 12.7 Å². The molecule has 4 amide bonds. The van der Waals surface area contributed by atoms with E-state index in [9.17, 15) is 23.4 Å². The van der Waals surface area contributed by atoms with Crippen LogP contribution in [-0.2, 0) is 30.2 Å². The monoisotopic (exact) mass is 384 g/mol. The van der Waals surface area contributed by atoms with Gasteiger partial charge in [-0.05, 0) is 32.1 Å². The zero-order valence-electron chi connectivity index (χ0n) is 14.4. The van der Waals surface area contributed by atoms with Crippen molar-refractivity contribution in [2.45, 2.75) is 49.4 Å². The topological polar surface area (TPSA) is 125 Å². The molecular weight excluding hydrogens is 360 g/mol. The highest BCUT2D eigenvalue weighted by molar-refractivity contribution is 7.84. The fourth-order valence-electron chi connectivity index (χ4n) is 2.77. The number of nitrogens with one attached hydrogen (secondary N) is 3. The molecule has 10 heteroatoms. The lowest BCUT2D eigenvalue weighted by Crippen LogP contribution is -2.54. The minimum Gasteiger partial charge on any atom is -0.350 e. The van der Waals surface area contributed by atoms with Gasteiger partial charge in [0.05, 0.1) is 11.8 Å². The molecule has 2 fully saturated rings. The van der Waals surface area contributed by atoms with Gasteiger partial charge in [-0.25, -0.2) is 4.21 Å². The summed E-state index contributed by atoms with van der Waals surface area (Å²) in [7, 11) is -1.44. The van der Waals surface area contributed by atoms with Gasteiger partial charge in [-0.3, -0.25) is 23.9 Å². The average molecular weight is 384 g/mol. The quantitative estimate of drug-likeness (QED) is 0.320. The van der Waals surface area contributed by atoms with Gasteiger partial charge in [-0.2, -0.15) is 0 Å². The van der Waals surface area contributed by atoms with E-state index in [1.807, 2.05) is 0 Å². The minimum absolute atomic E-state index is 0.00713. The first kappa shape index (κ1) is 20.1. The standard InChI is InChI=1S/C16H24N4O5S/c1-2-4-12(15(23)19-26(25)11-6-7-11)18-16(24)13-5-3-8-20(13)14(22)9-17-10-21/h2,10-13H,1,3-9H2,(H,17,21)(H,18,24)(H,19,23). The molecule has 26 heavy (non-hydrogen) atoms. The second-order valence-electron chi connectivity index (χ2n) is 6.29.